The smallest absolute Gasteiger partial charge is 0.314 e. The van der Waals surface area contributed by atoms with Crippen LogP contribution >= 0.6 is 0 Å². The molecule has 2 aromatic rings. The first-order chi connectivity index (χ1) is 9.51. The van der Waals surface area contributed by atoms with E-state index < -0.39 is 10.0 Å². The largest absolute Gasteiger partial charge is 0.335 e. The van der Waals surface area contributed by atoms with Crippen molar-refractivity contribution < 1.29 is 12.9 Å². The van der Waals surface area contributed by atoms with E-state index in [1.54, 1.807) is 19.1 Å². The third kappa shape index (κ3) is 3.55. The number of rotatable bonds is 6. The lowest BCUT2D eigenvalue weighted by Gasteiger charge is -2.06. The van der Waals surface area contributed by atoms with E-state index in [4.69, 9.17) is 4.52 Å². The van der Waals surface area contributed by atoms with Gasteiger partial charge in [0.15, 0.2) is 5.82 Å². The molecule has 0 saturated heterocycles. The van der Waals surface area contributed by atoms with Gasteiger partial charge in [0, 0.05) is 6.54 Å². The Morgan fingerprint density at radius 2 is 1.95 bits per heavy atom. The van der Waals surface area contributed by atoms with Crippen LogP contribution in [0.5, 0.6) is 0 Å². The Morgan fingerprint density at radius 1 is 1.25 bits per heavy atom. The van der Waals surface area contributed by atoms with Gasteiger partial charge in [-0.1, -0.05) is 24.2 Å². The molecule has 2 rings (SSSR count). The Morgan fingerprint density at radius 3 is 2.50 bits per heavy atom. The zero-order chi connectivity index (χ0) is 14.6. The molecule has 0 aliphatic carbocycles. The monoisotopic (exact) mass is 296 g/mol. The van der Waals surface area contributed by atoms with E-state index in [0.29, 0.717) is 12.4 Å². The highest BCUT2D eigenvalue weighted by atomic mass is 32.2. The van der Waals surface area contributed by atoms with Crippen molar-refractivity contribution in [3.8, 4) is 0 Å². The summed E-state index contributed by atoms with van der Waals surface area (Å²) in [6.45, 7) is 5.18. The van der Waals surface area contributed by atoms with Crippen molar-refractivity contribution in [1.29, 1.82) is 0 Å². The molecule has 20 heavy (non-hydrogen) atoms. The van der Waals surface area contributed by atoms with Crippen LogP contribution in [0.2, 0.25) is 0 Å². The molecule has 108 valence electrons. The Hall–Kier alpha value is -1.93. The SMILES string of the molecule is CCNCc1ccc(S(=O)(=O)Nc2nc(C)no2)cc1. The van der Waals surface area contributed by atoms with Crippen LogP contribution in [0.15, 0.2) is 33.7 Å². The van der Waals surface area contributed by atoms with Crippen LogP contribution in [-0.2, 0) is 16.6 Å². The van der Waals surface area contributed by atoms with E-state index in [-0.39, 0.29) is 10.9 Å². The summed E-state index contributed by atoms with van der Waals surface area (Å²) in [7, 11) is -3.70. The second-order valence-electron chi connectivity index (χ2n) is 4.18. The van der Waals surface area contributed by atoms with E-state index in [1.807, 2.05) is 6.92 Å². The number of hydrogen-bond acceptors (Lipinski definition) is 6. The van der Waals surface area contributed by atoms with Crippen LogP contribution in [0, 0.1) is 6.92 Å². The number of nitrogens with zero attached hydrogens (tertiary/aromatic N) is 2. The molecule has 0 spiro atoms. The fourth-order valence-electron chi connectivity index (χ4n) is 1.57. The maximum atomic E-state index is 12.1. The minimum Gasteiger partial charge on any atom is -0.314 e. The molecule has 8 heteroatoms. The fourth-order valence-corrected chi connectivity index (χ4v) is 2.49. The van der Waals surface area contributed by atoms with Gasteiger partial charge in [0.25, 0.3) is 10.0 Å². The molecule has 2 N–H and O–H groups in total. The van der Waals surface area contributed by atoms with Gasteiger partial charge in [0.2, 0.25) is 0 Å². The Bertz CT molecular complexity index is 664. The van der Waals surface area contributed by atoms with Crippen molar-refractivity contribution in [2.75, 3.05) is 11.3 Å². The van der Waals surface area contributed by atoms with Gasteiger partial charge in [-0.05, 0) is 31.2 Å². The Balaban J connectivity index is 2.13. The average molecular weight is 296 g/mol. The van der Waals surface area contributed by atoms with Crippen molar-refractivity contribution in [1.82, 2.24) is 15.5 Å². The molecular weight excluding hydrogens is 280 g/mol. The second-order valence-corrected chi connectivity index (χ2v) is 5.86. The predicted octanol–water partition coefficient (Wildman–Crippen LogP) is 1.29. The summed E-state index contributed by atoms with van der Waals surface area (Å²) < 4.78 is 31.1. The standard InChI is InChI=1S/C12H16N4O3S/c1-3-13-8-10-4-6-11(7-5-10)20(17,18)16-12-14-9(2)15-19-12/h4-7,13H,3,8H2,1-2H3,(H,14,15,16). The quantitative estimate of drug-likeness (QED) is 0.833. The molecule has 7 nitrogen and oxygen atoms in total. The second kappa shape index (κ2) is 6.02. The van der Waals surface area contributed by atoms with Crippen LogP contribution < -0.4 is 10.0 Å². The van der Waals surface area contributed by atoms with E-state index in [2.05, 4.69) is 20.2 Å². The Labute approximate surface area is 117 Å². The molecule has 0 amide bonds. The normalized spacial score (nSPS) is 11.5. The first-order valence-corrected chi connectivity index (χ1v) is 7.62. The number of nitrogens with one attached hydrogen (secondary N) is 2. The molecule has 1 aromatic heterocycles. The van der Waals surface area contributed by atoms with Crippen molar-refractivity contribution in [3.63, 3.8) is 0 Å². The Kier molecular flexibility index (Phi) is 4.35. The van der Waals surface area contributed by atoms with E-state index in [9.17, 15) is 8.42 Å². The fraction of sp³-hybridized carbons (Fsp3) is 0.333. The molecule has 0 bridgehead atoms. The number of aryl methyl sites for hydroxylation is 1. The summed E-state index contributed by atoms with van der Waals surface area (Å²) in [5.74, 6) is 0.365. The van der Waals surface area contributed by atoms with E-state index >= 15 is 0 Å². The molecule has 0 aliphatic heterocycles. The number of aromatic nitrogens is 2. The molecule has 1 aromatic carbocycles. The molecule has 0 atom stereocenters. The van der Waals surface area contributed by atoms with Crippen LogP contribution in [0.4, 0.5) is 6.01 Å². The zero-order valence-electron chi connectivity index (χ0n) is 11.3. The average Bonchev–Trinajstić information content (AvgIpc) is 2.81. The molecule has 1 heterocycles. The first-order valence-electron chi connectivity index (χ1n) is 6.14. The highest BCUT2D eigenvalue weighted by Gasteiger charge is 2.17. The van der Waals surface area contributed by atoms with Gasteiger partial charge in [0.1, 0.15) is 0 Å². The zero-order valence-corrected chi connectivity index (χ0v) is 12.1. The summed E-state index contributed by atoms with van der Waals surface area (Å²) in [5.41, 5.74) is 1.01. The van der Waals surface area contributed by atoms with Crippen molar-refractivity contribution >= 4 is 16.0 Å². The molecular formula is C12H16N4O3S. The van der Waals surface area contributed by atoms with Crippen molar-refractivity contribution in [3.05, 3.63) is 35.7 Å². The van der Waals surface area contributed by atoms with E-state index in [1.165, 1.54) is 12.1 Å². The van der Waals surface area contributed by atoms with Crippen LogP contribution in [-0.4, -0.2) is 25.1 Å². The third-order valence-corrected chi connectivity index (χ3v) is 3.90. The van der Waals surface area contributed by atoms with Crippen LogP contribution in [0.25, 0.3) is 0 Å². The summed E-state index contributed by atoms with van der Waals surface area (Å²) in [4.78, 5) is 3.95. The minimum atomic E-state index is -3.70. The molecule has 0 fully saturated rings. The van der Waals surface area contributed by atoms with Gasteiger partial charge >= 0.3 is 6.01 Å². The topological polar surface area (TPSA) is 97.1 Å². The highest BCUT2D eigenvalue weighted by molar-refractivity contribution is 7.92. The summed E-state index contributed by atoms with van der Waals surface area (Å²) in [6, 6.07) is 6.46. The van der Waals surface area contributed by atoms with Gasteiger partial charge in [-0.3, -0.25) is 0 Å². The summed E-state index contributed by atoms with van der Waals surface area (Å²) >= 11 is 0. The highest BCUT2D eigenvalue weighted by Crippen LogP contribution is 2.15. The van der Waals surface area contributed by atoms with Gasteiger partial charge < -0.3 is 9.84 Å². The van der Waals surface area contributed by atoms with Gasteiger partial charge in [-0.25, -0.2) is 13.1 Å². The van der Waals surface area contributed by atoms with E-state index in [0.717, 1.165) is 12.1 Å². The lowest BCUT2D eigenvalue weighted by atomic mass is 10.2. The third-order valence-electron chi connectivity index (χ3n) is 2.56. The summed E-state index contributed by atoms with van der Waals surface area (Å²) in [5, 5.41) is 6.69. The maximum Gasteiger partial charge on any atom is 0.335 e. The predicted molar refractivity (Wildman–Crippen MR) is 73.7 cm³/mol. The van der Waals surface area contributed by atoms with Crippen LogP contribution in [0.3, 0.4) is 0 Å². The van der Waals surface area contributed by atoms with Crippen molar-refractivity contribution in [2.24, 2.45) is 0 Å². The first kappa shape index (κ1) is 14.5. The summed E-state index contributed by atoms with van der Waals surface area (Å²) in [6.07, 6.45) is 0. The van der Waals surface area contributed by atoms with Gasteiger partial charge in [-0.15, -0.1) is 0 Å². The molecule has 0 radical (unpaired) electrons. The minimum absolute atomic E-state index is 0.140. The lowest BCUT2D eigenvalue weighted by Crippen LogP contribution is -2.14. The maximum absolute atomic E-state index is 12.1. The molecule has 0 aliphatic rings. The van der Waals surface area contributed by atoms with Gasteiger partial charge in [0.05, 0.1) is 4.90 Å². The number of hydrogen-bond donors (Lipinski definition) is 2. The number of benzene rings is 1. The van der Waals surface area contributed by atoms with Crippen LogP contribution in [0.1, 0.15) is 18.3 Å². The number of anilines is 1. The number of sulfonamides is 1. The lowest BCUT2D eigenvalue weighted by molar-refractivity contribution is 0.429. The van der Waals surface area contributed by atoms with Crippen molar-refractivity contribution in [2.45, 2.75) is 25.3 Å². The molecule has 0 unspecified atom stereocenters. The molecule has 0 saturated carbocycles. The van der Waals surface area contributed by atoms with Gasteiger partial charge in [-0.2, -0.15) is 4.98 Å².